The highest BCUT2D eigenvalue weighted by molar-refractivity contribution is 6.33. The van der Waals surface area contributed by atoms with Gasteiger partial charge in [0.05, 0.1) is 0 Å². The van der Waals surface area contributed by atoms with Gasteiger partial charge < -0.3 is 4.98 Å². The van der Waals surface area contributed by atoms with Crippen molar-refractivity contribution in [3.05, 3.63) is 54.6 Å². The Kier molecular flexibility index (Phi) is 1.84. The maximum atomic E-state index is 3.50. The van der Waals surface area contributed by atoms with Gasteiger partial charge in [0.25, 0.3) is 0 Å². The molecule has 0 atom stereocenters. The normalized spacial score (nSPS) is 11.6. The standard InChI is InChI=1S/C16H12BN/c17-12-5-6-15-14(9-12)13-7-10-3-1-2-4-11(10)8-16(13)18-15/h1-9,18H,17H2. The summed E-state index contributed by atoms with van der Waals surface area (Å²) in [6.45, 7) is 0. The SMILES string of the molecule is Bc1ccc2[nH]c3cc4ccccc4cc3c2c1. The zero-order valence-electron chi connectivity index (χ0n) is 10.2. The Balaban J connectivity index is 2.25. The zero-order valence-corrected chi connectivity index (χ0v) is 10.2. The number of aromatic amines is 1. The van der Waals surface area contributed by atoms with Crippen LogP contribution in [0.4, 0.5) is 0 Å². The second kappa shape index (κ2) is 3.39. The molecular weight excluding hydrogens is 217 g/mol. The number of benzene rings is 3. The third kappa shape index (κ3) is 1.29. The molecule has 0 aliphatic heterocycles. The fourth-order valence-electron chi connectivity index (χ4n) is 2.70. The van der Waals surface area contributed by atoms with Gasteiger partial charge >= 0.3 is 0 Å². The van der Waals surface area contributed by atoms with Gasteiger partial charge in [0.2, 0.25) is 0 Å². The fourth-order valence-corrected chi connectivity index (χ4v) is 2.70. The number of aromatic nitrogens is 1. The molecule has 4 aromatic rings. The largest absolute Gasteiger partial charge is 0.354 e. The average molecular weight is 229 g/mol. The molecule has 18 heavy (non-hydrogen) atoms. The molecule has 0 spiro atoms. The maximum absolute atomic E-state index is 3.50. The van der Waals surface area contributed by atoms with Crippen molar-refractivity contribution in [1.29, 1.82) is 0 Å². The first-order chi connectivity index (χ1) is 8.81. The predicted molar refractivity (Wildman–Crippen MR) is 81.5 cm³/mol. The van der Waals surface area contributed by atoms with Crippen LogP contribution >= 0.6 is 0 Å². The van der Waals surface area contributed by atoms with Crippen LogP contribution in [-0.4, -0.2) is 12.8 Å². The van der Waals surface area contributed by atoms with E-state index in [1.165, 1.54) is 38.0 Å². The lowest BCUT2D eigenvalue weighted by Crippen LogP contribution is -1.98. The van der Waals surface area contributed by atoms with Gasteiger partial charge in [-0.15, -0.1) is 0 Å². The van der Waals surface area contributed by atoms with Crippen LogP contribution in [0.1, 0.15) is 0 Å². The molecular formula is C16H12BN. The Morgan fingerprint density at radius 3 is 2.28 bits per heavy atom. The molecule has 0 amide bonds. The molecule has 0 unspecified atom stereocenters. The molecule has 1 heterocycles. The van der Waals surface area contributed by atoms with Crippen molar-refractivity contribution in [3.8, 4) is 0 Å². The smallest absolute Gasteiger partial charge is 0.139 e. The number of rotatable bonds is 0. The number of H-pyrrole nitrogens is 1. The molecule has 0 aliphatic carbocycles. The summed E-state index contributed by atoms with van der Waals surface area (Å²) in [5.41, 5.74) is 3.73. The summed E-state index contributed by atoms with van der Waals surface area (Å²) in [4.78, 5) is 3.50. The average Bonchev–Trinajstić information content (AvgIpc) is 2.73. The summed E-state index contributed by atoms with van der Waals surface area (Å²) >= 11 is 0. The van der Waals surface area contributed by atoms with Gasteiger partial charge in [-0.05, 0) is 29.0 Å². The minimum absolute atomic E-state index is 1.21. The third-order valence-corrected chi connectivity index (χ3v) is 3.62. The Morgan fingerprint density at radius 2 is 1.44 bits per heavy atom. The molecule has 4 rings (SSSR count). The van der Waals surface area contributed by atoms with E-state index in [1.54, 1.807) is 0 Å². The van der Waals surface area contributed by atoms with Crippen molar-refractivity contribution in [3.63, 3.8) is 0 Å². The van der Waals surface area contributed by atoms with Gasteiger partial charge in [-0.1, -0.05) is 41.9 Å². The van der Waals surface area contributed by atoms with Gasteiger partial charge in [0.15, 0.2) is 0 Å². The topological polar surface area (TPSA) is 15.8 Å². The van der Waals surface area contributed by atoms with Crippen LogP contribution in [0.25, 0.3) is 32.6 Å². The van der Waals surface area contributed by atoms with Crippen LogP contribution in [0, 0.1) is 0 Å². The van der Waals surface area contributed by atoms with Crippen molar-refractivity contribution in [1.82, 2.24) is 4.98 Å². The van der Waals surface area contributed by atoms with Crippen molar-refractivity contribution in [2.75, 3.05) is 0 Å². The van der Waals surface area contributed by atoms with E-state index >= 15 is 0 Å². The molecule has 1 aromatic heterocycles. The van der Waals surface area contributed by atoms with E-state index in [-0.39, 0.29) is 0 Å². The monoisotopic (exact) mass is 229 g/mol. The predicted octanol–water partition coefficient (Wildman–Crippen LogP) is 2.73. The number of hydrogen-bond acceptors (Lipinski definition) is 0. The molecule has 0 saturated carbocycles. The molecule has 0 bridgehead atoms. The Bertz CT molecular complexity index is 889. The van der Waals surface area contributed by atoms with Crippen LogP contribution in [0.5, 0.6) is 0 Å². The van der Waals surface area contributed by atoms with E-state index in [0.717, 1.165) is 0 Å². The first-order valence-corrected chi connectivity index (χ1v) is 6.22. The Hall–Kier alpha value is -2.22. The molecule has 1 nitrogen and oxygen atoms in total. The van der Waals surface area contributed by atoms with Crippen molar-refractivity contribution in [2.24, 2.45) is 0 Å². The quantitative estimate of drug-likeness (QED) is 0.446. The molecule has 0 saturated heterocycles. The van der Waals surface area contributed by atoms with Crippen molar-refractivity contribution < 1.29 is 0 Å². The minimum atomic E-state index is 1.21. The summed E-state index contributed by atoms with van der Waals surface area (Å²) < 4.78 is 0. The molecule has 2 heteroatoms. The molecule has 84 valence electrons. The van der Waals surface area contributed by atoms with E-state index in [9.17, 15) is 0 Å². The second-order valence-corrected chi connectivity index (χ2v) is 4.92. The van der Waals surface area contributed by atoms with E-state index in [4.69, 9.17) is 0 Å². The summed E-state index contributed by atoms with van der Waals surface area (Å²) in [6.07, 6.45) is 0. The van der Waals surface area contributed by atoms with Crippen LogP contribution in [-0.2, 0) is 0 Å². The van der Waals surface area contributed by atoms with E-state index in [1.807, 2.05) is 0 Å². The van der Waals surface area contributed by atoms with Gasteiger partial charge in [-0.3, -0.25) is 0 Å². The lowest BCUT2D eigenvalue weighted by atomic mass is 9.94. The van der Waals surface area contributed by atoms with Crippen molar-refractivity contribution in [2.45, 2.75) is 0 Å². The summed E-state index contributed by atoms with van der Waals surface area (Å²) in [7, 11) is 2.14. The second-order valence-electron chi connectivity index (χ2n) is 4.92. The Morgan fingerprint density at radius 1 is 0.722 bits per heavy atom. The summed E-state index contributed by atoms with van der Waals surface area (Å²) in [6, 6.07) is 19.6. The van der Waals surface area contributed by atoms with E-state index in [0.29, 0.717) is 0 Å². The van der Waals surface area contributed by atoms with Gasteiger partial charge in [-0.2, -0.15) is 0 Å². The third-order valence-electron chi connectivity index (χ3n) is 3.62. The highest BCUT2D eigenvalue weighted by atomic mass is 14.7. The van der Waals surface area contributed by atoms with Crippen LogP contribution in [0.3, 0.4) is 0 Å². The highest BCUT2D eigenvalue weighted by Crippen LogP contribution is 2.28. The first-order valence-electron chi connectivity index (χ1n) is 6.22. The summed E-state index contributed by atoms with van der Waals surface area (Å²) in [5.74, 6) is 0. The lowest BCUT2D eigenvalue weighted by Gasteiger charge is -1.98. The first kappa shape index (κ1) is 9.78. The number of nitrogens with one attached hydrogen (secondary N) is 1. The molecule has 0 radical (unpaired) electrons. The van der Waals surface area contributed by atoms with Crippen LogP contribution < -0.4 is 5.46 Å². The molecule has 0 aliphatic rings. The fraction of sp³-hybridized carbons (Fsp3) is 0. The van der Waals surface area contributed by atoms with Crippen LogP contribution in [0.15, 0.2) is 54.6 Å². The molecule has 0 fully saturated rings. The molecule has 1 N–H and O–H groups in total. The maximum Gasteiger partial charge on any atom is 0.139 e. The van der Waals surface area contributed by atoms with E-state index < -0.39 is 0 Å². The lowest BCUT2D eigenvalue weighted by molar-refractivity contribution is 1.56. The van der Waals surface area contributed by atoms with Crippen molar-refractivity contribution >= 4 is 45.9 Å². The highest BCUT2D eigenvalue weighted by Gasteiger charge is 2.05. The Labute approximate surface area is 106 Å². The number of hydrogen-bond donors (Lipinski definition) is 1. The van der Waals surface area contributed by atoms with Gasteiger partial charge in [-0.25, -0.2) is 0 Å². The number of fused-ring (bicyclic) bond motifs is 4. The molecule has 3 aromatic carbocycles. The summed E-state index contributed by atoms with van der Waals surface area (Å²) in [5, 5.41) is 5.21. The van der Waals surface area contributed by atoms with Gasteiger partial charge in [0.1, 0.15) is 7.85 Å². The van der Waals surface area contributed by atoms with Gasteiger partial charge in [0, 0.05) is 21.8 Å². The zero-order chi connectivity index (χ0) is 12.1. The van der Waals surface area contributed by atoms with Crippen LogP contribution in [0.2, 0.25) is 0 Å². The minimum Gasteiger partial charge on any atom is -0.354 e. The van der Waals surface area contributed by atoms with E-state index in [2.05, 4.69) is 67.4 Å².